The van der Waals surface area contributed by atoms with Crippen LogP contribution in [0.4, 0.5) is 0 Å². The van der Waals surface area contributed by atoms with E-state index in [2.05, 4.69) is 18.6 Å². The summed E-state index contributed by atoms with van der Waals surface area (Å²) in [6, 6.07) is 1.65. The van der Waals surface area contributed by atoms with Crippen molar-refractivity contribution in [2.24, 2.45) is 5.41 Å². The average Bonchev–Trinajstić information content (AvgIpc) is 2.08. The van der Waals surface area contributed by atoms with Gasteiger partial charge in [-0.05, 0) is 18.3 Å². The molecule has 1 fully saturated rings. The third kappa shape index (κ3) is 3.47. The maximum atomic E-state index is 11.5. The van der Waals surface area contributed by atoms with Crippen LogP contribution in [-0.4, -0.2) is 20.2 Å². The van der Waals surface area contributed by atoms with Crippen LogP contribution in [0.15, 0.2) is 0 Å². The molecular weight excluding hydrogens is 212 g/mol. The third-order valence-electron chi connectivity index (χ3n) is 3.08. The normalized spacial score (nSPS) is 25.8. The molecule has 0 bridgehead atoms. The van der Waals surface area contributed by atoms with Gasteiger partial charge in [0.25, 0.3) is 0 Å². The molecule has 1 saturated carbocycles. The zero-order valence-electron chi connectivity index (χ0n) is 9.28. The van der Waals surface area contributed by atoms with E-state index in [1.54, 1.807) is 6.07 Å². The molecule has 0 amide bonds. The van der Waals surface area contributed by atoms with Crippen molar-refractivity contribution in [2.45, 2.75) is 45.6 Å². The van der Waals surface area contributed by atoms with E-state index in [0.29, 0.717) is 0 Å². The highest BCUT2D eigenvalue weighted by atomic mass is 32.2. The number of nitrogens with zero attached hydrogens (tertiary/aromatic N) is 1. The Morgan fingerprint density at radius 2 is 2.13 bits per heavy atom. The molecule has 4 nitrogen and oxygen atoms in total. The molecule has 5 heteroatoms. The molecule has 15 heavy (non-hydrogen) atoms. The van der Waals surface area contributed by atoms with Crippen molar-refractivity contribution in [2.75, 3.05) is 5.75 Å². The Morgan fingerprint density at radius 1 is 1.47 bits per heavy atom. The standard InChI is InChI=1S/C10H18N2O2S/c1-10(2)6-4-3-5-9(10)12-15(13,14)8-7-11/h9,12H,3-6,8H2,1-2H3. The van der Waals surface area contributed by atoms with Crippen LogP contribution in [0.1, 0.15) is 39.5 Å². The summed E-state index contributed by atoms with van der Waals surface area (Å²) in [6.45, 7) is 4.15. The van der Waals surface area contributed by atoms with Gasteiger partial charge in [0.1, 0.15) is 0 Å². The minimum atomic E-state index is -3.41. The number of hydrogen-bond acceptors (Lipinski definition) is 3. The molecule has 0 saturated heterocycles. The van der Waals surface area contributed by atoms with Gasteiger partial charge in [-0.1, -0.05) is 26.7 Å². The summed E-state index contributed by atoms with van der Waals surface area (Å²) in [5, 5.41) is 8.39. The number of sulfonamides is 1. The van der Waals surface area contributed by atoms with Crippen LogP contribution in [0.2, 0.25) is 0 Å². The van der Waals surface area contributed by atoms with Gasteiger partial charge >= 0.3 is 0 Å². The first-order chi connectivity index (χ1) is 6.87. The number of nitrogens with one attached hydrogen (secondary N) is 1. The Morgan fingerprint density at radius 3 is 2.67 bits per heavy atom. The first-order valence-corrected chi connectivity index (χ1v) is 6.89. The summed E-state index contributed by atoms with van der Waals surface area (Å²) >= 11 is 0. The minimum Gasteiger partial charge on any atom is -0.211 e. The second-order valence-electron chi connectivity index (χ2n) is 4.82. The van der Waals surface area contributed by atoms with E-state index in [-0.39, 0.29) is 11.5 Å². The van der Waals surface area contributed by atoms with Crippen molar-refractivity contribution in [3.8, 4) is 6.07 Å². The summed E-state index contributed by atoms with van der Waals surface area (Å²) in [5.41, 5.74) is 0.000770. The fourth-order valence-electron chi connectivity index (χ4n) is 2.06. The third-order valence-corrected chi connectivity index (χ3v) is 4.24. The predicted octanol–water partition coefficient (Wildman–Crippen LogP) is 1.40. The highest BCUT2D eigenvalue weighted by Crippen LogP contribution is 2.35. The van der Waals surface area contributed by atoms with Crippen LogP contribution in [0, 0.1) is 16.7 Å². The van der Waals surface area contributed by atoms with Gasteiger partial charge in [0.2, 0.25) is 10.0 Å². The molecule has 0 aromatic rings. The molecule has 1 rings (SSSR count). The summed E-state index contributed by atoms with van der Waals surface area (Å²) < 4.78 is 25.5. The largest absolute Gasteiger partial charge is 0.225 e. The summed E-state index contributed by atoms with van der Waals surface area (Å²) in [4.78, 5) is 0. The predicted molar refractivity (Wildman–Crippen MR) is 58.6 cm³/mol. The highest BCUT2D eigenvalue weighted by molar-refractivity contribution is 7.89. The van der Waals surface area contributed by atoms with Gasteiger partial charge in [-0.3, -0.25) is 0 Å². The van der Waals surface area contributed by atoms with E-state index in [4.69, 9.17) is 5.26 Å². The molecule has 0 aromatic heterocycles. The molecule has 0 aromatic carbocycles. The summed E-state index contributed by atoms with van der Waals surface area (Å²) in [6.07, 6.45) is 4.12. The quantitative estimate of drug-likeness (QED) is 0.796. The van der Waals surface area contributed by atoms with Crippen LogP contribution in [0.3, 0.4) is 0 Å². The topological polar surface area (TPSA) is 70.0 Å². The second-order valence-corrected chi connectivity index (χ2v) is 6.58. The zero-order valence-corrected chi connectivity index (χ0v) is 10.1. The maximum absolute atomic E-state index is 11.5. The molecular formula is C10H18N2O2S. The lowest BCUT2D eigenvalue weighted by Gasteiger charge is -2.38. The van der Waals surface area contributed by atoms with Crippen LogP contribution in [0.25, 0.3) is 0 Å². The van der Waals surface area contributed by atoms with E-state index < -0.39 is 15.8 Å². The molecule has 86 valence electrons. The summed E-state index contributed by atoms with van der Waals surface area (Å²) in [5.74, 6) is -0.445. The lowest BCUT2D eigenvalue weighted by molar-refractivity contribution is 0.188. The average molecular weight is 230 g/mol. The zero-order chi connectivity index (χ0) is 11.5. The van der Waals surface area contributed by atoms with Crippen molar-refractivity contribution >= 4 is 10.0 Å². The Bertz CT molecular complexity index is 354. The molecule has 1 aliphatic rings. The first kappa shape index (κ1) is 12.5. The van der Waals surface area contributed by atoms with E-state index in [9.17, 15) is 8.42 Å². The van der Waals surface area contributed by atoms with Gasteiger partial charge in [-0.15, -0.1) is 0 Å². The molecule has 1 atom stereocenters. The van der Waals surface area contributed by atoms with Gasteiger partial charge in [-0.25, -0.2) is 13.1 Å². The number of nitriles is 1. The van der Waals surface area contributed by atoms with Crippen LogP contribution in [-0.2, 0) is 10.0 Å². The van der Waals surface area contributed by atoms with Crippen molar-refractivity contribution in [3.05, 3.63) is 0 Å². The van der Waals surface area contributed by atoms with Crippen LogP contribution in [0.5, 0.6) is 0 Å². The van der Waals surface area contributed by atoms with E-state index in [1.165, 1.54) is 0 Å². The van der Waals surface area contributed by atoms with Crippen molar-refractivity contribution in [3.63, 3.8) is 0 Å². The van der Waals surface area contributed by atoms with E-state index in [0.717, 1.165) is 25.7 Å². The van der Waals surface area contributed by atoms with Crippen LogP contribution < -0.4 is 4.72 Å². The van der Waals surface area contributed by atoms with Crippen molar-refractivity contribution < 1.29 is 8.42 Å². The van der Waals surface area contributed by atoms with Crippen molar-refractivity contribution in [1.82, 2.24) is 4.72 Å². The molecule has 1 unspecified atom stereocenters. The fourth-order valence-corrected chi connectivity index (χ4v) is 3.18. The number of hydrogen-bond donors (Lipinski definition) is 1. The van der Waals surface area contributed by atoms with Crippen LogP contribution >= 0.6 is 0 Å². The van der Waals surface area contributed by atoms with Gasteiger partial charge in [-0.2, -0.15) is 5.26 Å². The highest BCUT2D eigenvalue weighted by Gasteiger charge is 2.34. The molecule has 0 aliphatic heterocycles. The molecule has 0 heterocycles. The molecule has 1 aliphatic carbocycles. The minimum absolute atomic E-state index is 0.000770. The Balaban J connectivity index is 2.69. The van der Waals surface area contributed by atoms with E-state index in [1.807, 2.05) is 0 Å². The van der Waals surface area contributed by atoms with Crippen molar-refractivity contribution in [1.29, 1.82) is 5.26 Å². The lowest BCUT2D eigenvalue weighted by atomic mass is 9.74. The maximum Gasteiger partial charge on any atom is 0.225 e. The van der Waals surface area contributed by atoms with Gasteiger partial charge < -0.3 is 0 Å². The lowest BCUT2D eigenvalue weighted by Crippen LogP contribution is -2.47. The van der Waals surface area contributed by atoms with E-state index >= 15 is 0 Å². The number of rotatable bonds is 3. The smallest absolute Gasteiger partial charge is 0.211 e. The summed E-state index contributed by atoms with van der Waals surface area (Å²) in [7, 11) is -3.41. The monoisotopic (exact) mass is 230 g/mol. The Labute approximate surface area is 91.7 Å². The Kier molecular flexibility index (Phi) is 3.74. The molecule has 0 spiro atoms. The SMILES string of the molecule is CC1(C)CCCCC1NS(=O)(=O)CC#N. The fraction of sp³-hybridized carbons (Fsp3) is 0.900. The second kappa shape index (κ2) is 4.50. The molecule has 0 radical (unpaired) electrons. The Hall–Kier alpha value is -0.600. The van der Waals surface area contributed by atoms with Gasteiger partial charge in [0, 0.05) is 6.04 Å². The molecule has 1 N–H and O–H groups in total. The first-order valence-electron chi connectivity index (χ1n) is 5.24. The van der Waals surface area contributed by atoms with Gasteiger partial charge in [0.05, 0.1) is 6.07 Å². The van der Waals surface area contributed by atoms with Gasteiger partial charge in [0.15, 0.2) is 5.75 Å².